The summed E-state index contributed by atoms with van der Waals surface area (Å²) in [6, 6.07) is 8.79. The van der Waals surface area contributed by atoms with Gasteiger partial charge in [-0.3, -0.25) is 0 Å². The van der Waals surface area contributed by atoms with Crippen LogP contribution in [0.4, 0.5) is 0 Å². The van der Waals surface area contributed by atoms with Crippen molar-refractivity contribution in [3.8, 4) is 0 Å². The van der Waals surface area contributed by atoms with Gasteiger partial charge in [-0.1, -0.05) is 38.1 Å². The molecule has 0 amide bonds. The van der Waals surface area contributed by atoms with Gasteiger partial charge in [0.1, 0.15) is 0 Å². The monoisotopic (exact) mass is 220 g/mol. The summed E-state index contributed by atoms with van der Waals surface area (Å²) in [5.41, 5.74) is 8.65. The molecule has 1 atom stereocenters. The third-order valence-electron chi connectivity index (χ3n) is 2.91. The van der Waals surface area contributed by atoms with Crippen molar-refractivity contribution in [3.05, 3.63) is 35.4 Å². The maximum atomic E-state index is 5.73. The standard InChI is InChI=1S/C14H24N2/c1-11-7-5-6-8-13(11)14(3,4)10-16-9-12(2)15/h5-8,12,16H,9-10,15H2,1-4H3. The number of aryl methyl sites for hydroxylation is 1. The molecule has 0 aliphatic heterocycles. The molecule has 90 valence electrons. The van der Waals surface area contributed by atoms with Crippen LogP contribution in [0.5, 0.6) is 0 Å². The minimum absolute atomic E-state index is 0.153. The van der Waals surface area contributed by atoms with Crippen molar-refractivity contribution in [2.24, 2.45) is 5.73 Å². The first-order valence-corrected chi connectivity index (χ1v) is 5.96. The summed E-state index contributed by atoms with van der Waals surface area (Å²) in [5, 5.41) is 3.43. The van der Waals surface area contributed by atoms with Crippen molar-refractivity contribution in [2.75, 3.05) is 13.1 Å². The number of nitrogens with two attached hydrogens (primary N) is 1. The molecule has 2 nitrogen and oxygen atoms in total. The van der Waals surface area contributed by atoms with E-state index in [0.717, 1.165) is 13.1 Å². The van der Waals surface area contributed by atoms with E-state index < -0.39 is 0 Å². The Hall–Kier alpha value is -0.860. The smallest absolute Gasteiger partial charge is 0.0136 e. The molecule has 0 heterocycles. The molecule has 0 aromatic heterocycles. The van der Waals surface area contributed by atoms with Crippen molar-refractivity contribution < 1.29 is 0 Å². The molecule has 0 bridgehead atoms. The molecule has 1 rings (SSSR count). The number of hydrogen-bond acceptors (Lipinski definition) is 2. The number of nitrogens with one attached hydrogen (secondary N) is 1. The molecule has 0 fully saturated rings. The Morgan fingerprint density at radius 3 is 2.50 bits per heavy atom. The first-order valence-electron chi connectivity index (χ1n) is 5.96. The zero-order valence-electron chi connectivity index (χ0n) is 10.9. The van der Waals surface area contributed by atoms with Crippen LogP contribution in [0.2, 0.25) is 0 Å². The normalized spacial score (nSPS) is 13.8. The molecule has 3 N–H and O–H groups in total. The molecule has 0 spiro atoms. The summed E-state index contributed by atoms with van der Waals surface area (Å²) in [6.07, 6.45) is 0. The number of hydrogen-bond donors (Lipinski definition) is 2. The summed E-state index contributed by atoms with van der Waals surface area (Å²) in [5.74, 6) is 0. The van der Waals surface area contributed by atoms with E-state index in [1.54, 1.807) is 0 Å². The van der Waals surface area contributed by atoms with Crippen LogP contribution in [0.15, 0.2) is 24.3 Å². The third-order valence-corrected chi connectivity index (χ3v) is 2.91. The van der Waals surface area contributed by atoms with Gasteiger partial charge in [0, 0.05) is 24.5 Å². The summed E-state index contributed by atoms with van der Waals surface area (Å²) in [7, 11) is 0. The van der Waals surface area contributed by atoms with Gasteiger partial charge in [0.25, 0.3) is 0 Å². The predicted octanol–water partition coefficient (Wildman–Crippen LogP) is 2.21. The van der Waals surface area contributed by atoms with Gasteiger partial charge < -0.3 is 11.1 Å². The van der Waals surface area contributed by atoms with E-state index in [-0.39, 0.29) is 11.5 Å². The summed E-state index contributed by atoms with van der Waals surface area (Å²) < 4.78 is 0. The maximum Gasteiger partial charge on any atom is 0.0136 e. The molecule has 2 heteroatoms. The van der Waals surface area contributed by atoms with Crippen molar-refractivity contribution in [3.63, 3.8) is 0 Å². The summed E-state index contributed by atoms with van der Waals surface area (Å²) in [4.78, 5) is 0. The summed E-state index contributed by atoms with van der Waals surface area (Å²) >= 11 is 0. The lowest BCUT2D eigenvalue weighted by Crippen LogP contribution is -2.39. The van der Waals surface area contributed by atoms with E-state index in [9.17, 15) is 0 Å². The van der Waals surface area contributed by atoms with Gasteiger partial charge in [0.2, 0.25) is 0 Å². The molecular formula is C14H24N2. The van der Waals surface area contributed by atoms with Crippen LogP contribution in [-0.2, 0) is 5.41 Å². The zero-order valence-corrected chi connectivity index (χ0v) is 10.9. The highest BCUT2D eigenvalue weighted by Crippen LogP contribution is 2.25. The average Bonchev–Trinajstić information content (AvgIpc) is 2.17. The molecule has 1 unspecified atom stereocenters. The quantitative estimate of drug-likeness (QED) is 0.798. The second kappa shape index (κ2) is 5.46. The van der Waals surface area contributed by atoms with Gasteiger partial charge in [-0.05, 0) is 25.0 Å². The highest BCUT2D eigenvalue weighted by Gasteiger charge is 2.21. The van der Waals surface area contributed by atoms with Gasteiger partial charge in [-0.25, -0.2) is 0 Å². The Labute approximate surface area is 99.2 Å². The lowest BCUT2D eigenvalue weighted by Gasteiger charge is -2.28. The Morgan fingerprint density at radius 1 is 1.31 bits per heavy atom. The molecule has 0 saturated carbocycles. The van der Waals surface area contributed by atoms with Crippen LogP contribution in [0.1, 0.15) is 31.9 Å². The van der Waals surface area contributed by atoms with E-state index in [1.165, 1.54) is 11.1 Å². The topological polar surface area (TPSA) is 38.0 Å². The molecule has 0 aliphatic rings. The first-order chi connectivity index (χ1) is 7.43. The fourth-order valence-electron chi connectivity index (χ4n) is 2.04. The van der Waals surface area contributed by atoms with Gasteiger partial charge in [0.15, 0.2) is 0 Å². The lowest BCUT2D eigenvalue weighted by atomic mass is 9.82. The van der Waals surface area contributed by atoms with Gasteiger partial charge >= 0.3 is 0 Å². The molecule has 16 heavy (non-hydrogen) atoms. The zero-order chi connectivity index (χ0) is 12.2. The van der Waals surface area contributed by atoms with Crippen molar-refractivity contribution in [1.29, 1.82) is 0 Å². The van der Waals surface area contributed by atoms with Crippen molar-refractivity contribution in [2.45, 2.75) is 39.2 Å². The van der Waals surface area contributed by atoms with Gasteiger partial charge in [0.05, 0.1) is 0 Å². The molecule has 0 radical (unpaired) electrons. The molecule has 0 aliphatic carbocycles. The molecule has 1 aromatic carbocycles. The predicted molar refractivity (Wildman–Crippen MR) is 70.7 cm³/mol. The van der Waals surface area contributed by atoms with E-state index in [4.69, 9.17) is 5.73 Å². The first kappa shape index (κ1) is 13.2. The highest BCUT2D eigenvalue weighted by atomic mass is 14.9. The van der Waals surface area contributed by atoms with E-state index in [0.29, 0.717) is 0 Å². The fraction of sp³-hybridized carbons (Fsp3) is 0.571. The van der Waals surface area contributed by atoms with Crippen LogP contribution >= 0.6 is 0 Å². The van der Waals surface area contributed by atoms with Crippen LogP contribution in [0.3, 0.4) is 0 Å². The van der Waals surface area contributed by atoms with Crippen LogP contribution in [0.25, 0.3) is 0 Å². The van der Waals surface area contributed by atoms with E-state index in [2.05, 4.69) is 50.4 Å². The Kier molecular flexibility index (Phi) is 4.51. The lowest BCUT2D eigenvalue weighted by molar-refractivity contribution is 0.456. The number of benzene rings is 1. The Bertz CT molecular complexity index is 329. The minimum atomic E-state index is 0.153. The highest BCUT2D eigenvalue weighted by molar-refractivity contribution is 5.32. The van der Waals surface area contributed by atoms with Crippen LogP contribution < -0.4 is 11.1 Å². The molecule has 1 aromatic rings. The Balaban J connectivity index is 2.66. The van der Waals surface area contributed by atoms with Crippen molar-refractivity contribution in [1.82, 2.24) is 5.32 Å². The summed E-state index contributed by atoms with van der Waals surface area (Å²) in [6.45, 7) is 10.6. The largest absolute Gasteiger partial charge is 0.327 e. The second-order valence-corrected chi connectivity index (χ2v) is 5.31. The fourth-order valence-corrected chi connectivity index (χ4v) is 2.04. The van der Waals surface area contributed by atoms with E-state index in [1.807, 2.05) is 6.92 Å². The SMILES string of the molecule is Cc1ccccc1C(C)(C)CNCC(C)N. The average molecular weight is 220 g/mol. The van der Waals surface area contributed by atoms with Crippen LogP contribution in [-0.4, -0.2) is 19.1 Å². The third kappa shape index (κ3) is 3.62. The maximum absolute atomic E-state index is 5.73. The Morgan fingerprint density at radius 2 is 1.94 bits per heavy atom. The van der Waals surface area contributed by atoms with Gasteiger partial charge in [-0.15, -0.1) is 0 Å². The second-order valence-electron chi connectivity index (χ2n) is 5.31. The van der Waals surface area contributed by atoms with Crippen LogP contribution in [0, 0.1) is 6.92 Å². The molecule has 0 saturated heterocycles. The molecular weight excluding hydrogens is 196 g/mol. The minimum Gasteiger partial charge on any atom is -0.327 e. The van der Waals surface area contributed by atoms with Crippen molar-refractivity contribution >= 4 is 0 Å². The van der Waals surface area contributed by atoms with Gasteiger partial charge in [-0.2, -0.15) is 0 Å². The number of rotatable bonds is 5. The van der Waals surface area contributed by atoms with E-state index >= 15 is 0 Å².